The van der Waals surface area contributed by atoms with Crippen LogP contribution < -0.4 is 28.3 Å². The van der Waals surface area contributed by atoms with Crippen molar-refractivity contribution in [2.75, 3.05) is 19.7 Å². The number of alkyl halides is 1. The second-order valence-corrected chi connectivity index (χ2v) is 9.86. The molecule has 0 bridgehead atoms. The molecule has 0 aromatic carbocycles. The van der Waals surface area contributed by atoms with Gasteiger partial charge in [-0.2, -0.15) is 0 Å². The van der Waals surface area contributed by atoms with Gasteiger partial charge in [-0.25, -0.2) is 4.39 Å². The third kappa shape index (κ3) is 6.76. The first-order valence-corrected chi connectivity index (χ1v) is 12.4. The van der Waals surface area contributed by atoms with E-state index in [4.69, 9.17) is 41.9 Å². The number of carbonyl (C=O) groups excluding carboxylic acids is 1. The molecule has 3 aliphatic rings. The van der Waals surface area contributed by atoms with Crippen LogP contribution in [0, 0.1) is 0 Å². The van der Waals surface area contributed by atoms with E-state index in [2.05, 4.69) is 5.32 Å². The van der Waals surface area contributed by atoms with Gasteiger partial charge in [0.2, 0.25) is 0 Å². The van der Waals surface area contributed by atoms with Gasteiger partial charge in [0.1, 0.15) is 42.8 Å². The maximum atomic E-state index is 13.7. The Hall–Kier alpha value is -1.16. The molecule has 222 valence electrons. The quantitative estimate of drug-likeness (QED) is 0.119. The van der Waals surface area contributed by atoms with Crippen molar-refractivity contribution in [1.29, 1.82) is 0 Å². The number of rotatable bonds is 10. The van der Waals surface area contributed by atoms with Crippen LogP contribution in [0.1, 0.15) is 12.8 Å². The number of hydrogen-bond acceptors (Lipinski definition) is 15. The first-order valence-electron chi connectivity index (χ1n) is 12.4. The number of aliphatic hydroxyl groups is 6. The first-order chi connectivity index (χ1) is 17.9. The fourth-order valence-corrected chi connectivity index (χ4v) is 4.81. The van der Waals surface area contributed by atoms with Crippen LogP contribution >= 0.6 is 0 Å². The summed E-state index contributed by atoms with van der Waals surface area (Å²) in [6.45, 7) is -1.29. The van der Waals surface area contributed by atoms with Gasteiger partial charge in [0.05, 0.1) is 30.9 Å². The molecule has 3 fully saturated rings. The number of hydrogen-bond donors (Lipinski definition) is 11. The molecule has 0 aromatic heterocycles. The van der Waals surface area contributed by atoms with Crippen LogP contribution in [0.5, 0.6) is 0 Å². The van der Waals surface area contributed by atoms with Gasteiger partial charge < -0.3 is 77.8 Å². The molecular formula is C21H40FN5O11. The maximum Gasteiger partial charge on any atom is 0.252 e. The van der Waals surface area contributed by atoms with E-state index in [9.17, 15) is 39.8 Å². The van der Waals surface area contributed by atoms with Crippen LogP contribution in [-0.2, 0) is 23.7 Å². The van der Waals surface area contributed by atoms with Gasteiger partial charge in [-0.3, -0.25) is 4.79 Å². The maximum absolute atomic E-state index is 13.7. The highest BCUT2D eigenvalue weighted by Crippen LogP contribution is 2.32. The van der Waals surface area contributed by atoms with Crippen molar-refractivity contribution < 1.29 is 58.8 Å². The number of aliphatic hydroxyl groups excluding tert-OH is 6. The first kappa shape index (κ1) is 31.4. The normalized spacial score (nSPS) is 45.5. The lowest BCUT2D eigenvalue weighted by Gasteiger charge is -2.47. The molecule has 0 radical (unpaired) electrons. The summed E-state index contributed by atoms with van der Waals surface area (Å²) in [7, 11) is 0. The Kier molecular flexibility index (Phi) is 11.1. The highest BCUT2D eigenvalue weighted by Gasteiger charge is 2.52. The molecule has 0 spiro atoms. The van der Waals surface area contributed by atoms with Crippen molar-refractivity contribution in [3.63, 3.8) is 0 Å². The summed E-state index contributed by atoms with van der Waals surface area (Å²) >= 11 is 0. The average molecular weight is 558 g/mol. The van der Waals surface area contributed by atoms with Gasteiger partial charge >= 0.3 is 0 Å². The number of ether oxygens (including phenoxy) is 4. The highest BCUT2D eigenvalue weighted by atomic mass is 19.1. The molecule has 15 atom stereocenters. The smallest absolute Gasteiger partial charge is 0.252 e. The second kappa shape index (κ2) is 13.5. The van der Waals surface area contributed by atoms with Crippen molar-refractivity contribution in [2.24, 2.45) is 22.9 Å². The molecular weight excluding hydrogens is 517 g/mol. The Labute approximate surface area is 217 Å². The fourth-order valence-electron chi connectivity index (χ4n) is 4.81. The zero-order chi connectivity index (χ0) is 28.3. The minimum Gasteiger partial charge on any atom is -0.394 e. The van der Waals surface area contributed by atoms with Crippen molar-refractivity contribution in [1.82, 2.24) is 5.32 Å². The number of carbonyl (C=O) groups is 1. The monoisotopic (exact) mass is 557 g/mol. The van der Waals surface area contributed by atoms with E-state index < -0.39 is 111 Å². The molecule has 2 heterocycles. The molecule has 0 unspecified atom stereocenters. The summed E-state index contributed by atoms with van der Waals surface area (Å²) in [6.07, 6.45) is -17.2. The zero-order valence-electron chi connectivity index (χ0n) is 20.6. The molecule has 38 heavy (non-hydrogen) atoms. The van der Waals surface area contributed by atoms with Gasteiger partial charge in [-0.15, -0.1) is 0 Å². The van der Waals surface area contributed by atoms with Crippen LogP contribution in [0.25, 0.3) is 0 Å². The molecule has 2 aliphatic heterocycles. The molecule has 2 saturated heterocycles. The molecule has 1 aliphatic carbocycles. The van der Waals surface area contributed by atoms with Gasteiger partial charge in [-0.1, -0.05) is 0 Å². The third-order valence-electron chi connectivity index (χ3n) is 7.10. The molecule has 0 aromatic rings. The van der Waals surface area contributed by atoms with Crippen LogP contribution in [0.3, 0.4) is 0 Å². The Morgan fingerprint density at radius 2 is 1.58 bits per heavy atom. The molecule has 16 nitrogen and oxygen atoms in total. The van der Waals surface area contributed by atoms with Crippen molar-refractivity contribution in [3.8, 4) is 0 Å². The van der Waals surface area contributed by atoms with E-state index in [-0.39, 0.29) is 19.4 Å². The summed E-state index contributed by atoms with van der Waals surface area (Å²) in [6, 6.07) is -2.99. The third-order valence-corrected chi connectivity index (χ3v) is 7.10. The SMILES string of the molecule is NC[C@@H](F)[C@H](O)C(=O)N[C@@H]1C[C@H](N)[C@@H](O[C@H]2O[C@H](CN)[C@@H](O)C[C@H]2N)[C@H](O[C@@H]2O[C@H](CO)[C@@H](O)[C@H]2O)[C@H]1O. The van der Waals surface area contributed by atoms with Crippen LogP contribution in [0.15, 0.2) is 0 Å². The van der Waals surface area contributed by atoms with E-state index in [1.165, 1.54) is 0 Å². The molecule has 15 N–H and O–H groups in total. The lowest BCUT2D eigenvalue weighted by atomic mass is 9.83. The van der Waals surface area contributed by atoms with E-state index in [0.29, 0.717) is 0 Å². The zero-order valence-corrected chi connectivity index (χ0v) is 20.6. The molecule has 1 amide bonds. The standard InChI is InChI=1S/C21H40FN5O11/c22-6(3-23)13(30)19(34)27-9-1-7(25)17(37-20-8(26)2-10(29)11(4-24)35-20)18(14(9)31)38-21-16(33)15(32)12(5-28)36-21/h6-18,20-21,28-33H,1-5,23-26H2,(H,27,34)/t6-,7+,8-,9-,10+,11-,12-,13+,14+,15-,16-,17-,18-,20-,21+/m1/s1. The van der Waals surface area contributed by atoms with Gasteiger partial charge in [0.15, 0.2) is 18.7 Å². The summed E-state index contributed by atoms with van der Waals surface area (Å²) in [5, 5.41) is 63.3. The number of nitrogens with one attached hydrogen (secondary N) is 1. The minimum atomic E-state index is -2.11. The fraction of sp³-hybridized carbons (Fsp3) is 0.952. The van der Waals surface area contributed by atoms with Crippen molar-refractivity contribution >= 4 is 5.91 Å². The average Bonchev–Trinajstić information content (AvgIpc) is 3.16. The van der Waals surface area contributed by atoms with Crippen molar-refractivity contribution in [2.45, 2.75) is 105 Å². The van der Waals surface area contributed by atoms with Crippen LogP contribution in [0.4, 0.5) is 4.39 Å². The van der Waals surface area contributed by atoms with Crippen LogP contribution in [-0.4, -0.2) is 148 Å². The van der Waals surface area contributed by atoms with Gasteiger partial charge in [-0.05, 0) is 12.8 Å². The predicted molar refractivity (Wildman–Crippen MR) is 124 cm³/mol. The van der Waals surface area contributed by atoms with E-state index in [1.807, 2.05) is 0 Å². The Balaban J connectivity index is 1.82. The van der Waals surface area contributed by atoms with E-state index in [0.717, 1.165) is 0 Å². The number of amides is 1. The molecule has 17 heteroatoms. The minimum absolute atomic E-state index is 0.0373. The molecule has 1 saturated carbocycles. The van der Waals surface area contributed by atoms with Gasteiger partial charge in [0.25, 0.3) is 5.91 Å². The summed E-state index contributed by atoms with van der Waals surface area (Å²) in [4.78, 5) is 12.4. The van der Waals surface area contributed by atoms with Crippen molar-refractivity contribution in [3.05, 3.63) is 0 Å². The molecule has 3 rings (SSSR count). The summed E-state index contributed by atoms with van der Waals surface area (Å²) in [5.41, 5.74) is 23.2. The summed E-state index contributed by atoms with van der Waals surface area (Å²) in [5.74, 6) is -1.15. The summed E-state index contributed by atoms with van der Waals surface area (Å²) < 4.78 is 36.5. The number of nitrogens with two attached hydrogens (primary N) is 4. The lowest BCUT2D eigenvalue weighted by Crippen LogP contribution is -2.67. The second-order valence-electron chi connectivity index (χ2n) is 9.86. The van der Waals surface area contributed by atoms with Crippen LogP contribution in [0.2, 0.25) is 0 Å². The Morgan fingerprint density at radius 3 is 2.16 bits per heavy atom. The lowest BCUT2D eigenvalue weighted by molar-refractivity contribution is -0.295. The number of halogens is 1. The van der Waals surface area contributed by atoms with E-state index in [1.54, 1.807) is 0 Å². The Bertz CT molecular complexity index is 777. The van der Waals surface area contributed by atoms with Gasteiger partial charge in [0, 0.05) is 19.1 Å². The predicted octanol–water partition coefficient (Wildman–Crippen LogP) is -6.81. The highest BCUT2D eigenvalue weighted by molar-refractivity contribution is 5.81. The largest absolute Gasteiger partial charge is 0.394 e. The topological polar surface area (TPSA) is 291 Å². The Morgan fingerprint density at radius 1 is 0.947 bits per heavy atom. The van der Waals surface area contributed by atoms with E-state index >= 15 is 0 Å².